The van der Waals surface area contributed by atoms with Gasteiger partial charge in [-0.05, 0) is 37.3 Å². The van der Waals surface area contributed by atoms with E-state index in [9.17, 15) is 0 Å². The minimum Gasteiger partial charge on any atom is -0.497 e. The van der Waals surface area contributed by atoms with E-state index in [4.69, 9.17) is 4.74 Å². The second-order valence-electron chi connectivity index (χ2n) is 4.85. The fraction of sp³-hybridized carbons (Fsp3) is 0.118. The van der Waals surface area contributed by atoms with Crippen LogP contribution < -0.4 is 10.2 Å². The highest BCUT2D eigenvalue weighted by molar-refractivity contribution is 5.93. The van der Waals surface area contributed by atoms with Crippen LogP contribution in [0.4, 0.5) is 5.69 Å². The number of methoxy groups -OCH3 is 1. The van der Waals surface area contributed by atoms with Crippen molar-refractivity contribution in [2.24, 2.45) is 5.10 Å². The molecule has 0 aliphatic carbocycles. The van der Waals surface area contributed by atoms with E-state index in [1.54, 1.807) is 25.7 Å². The molecule has 0 radical (unpaired) electrons. The molecule has 1 N–H and O–H groups in total. The largest absolute Gasteiger partial charge is 0.497 e. The molecule has 22 heavy (non-hydrogen) atoms. The number of aryl methyl sites for hydroxylation is 1. The molecule has 0 fully saturated rings. The van der Waals surface area contributed by atoms with Gasteiger partial charge in [-0.3, -0.25) is 15.4 Å². The molecule has 0 unspecified atom stereocenters. The second-order valence-corrected chi connectivity index (χ2v) is 4.85. The van der Waals surface area contributed by atoms with E-state index in [1.807, 2.05) is 43.3 Å². The zero-order valence-electron chi connectivity index (χ0n) is 12.4. The number of anilines is 1. The lowest BCUT2D eigenvalue weighted by Crippen LogP contribution is -1.95. The molecule has 2 aromatic heterocycles. The molecule has 0 spiro atoms. The monoisotopic (exact) mass is 292 g/mol. The molecule has 1 aromatic carbocycles. The summed E-state index contributed by atoms with van der Waals surface area (Å²) in [5.74, 6) is 0.789. The van der Waals surface area contributed by atoms with Crippen molar-refractivity contribution in [1.29, 1.82) is 0 Å². The van der Waals surface area contributed by atoms with E-state index < -0.39 is 0 Å². The predicted molar refractivity (Wildman–Crippen MR) is 88.5 cm³/mol. The quantitative estimate of drug-likeness (QED) is 0.591. The molecule has 2 heterocycles. The highest BCUT2D eigenvalue weighted by Crippen LogP contribution is 2.27. The van der Waals surface area contributed by atoms with Gasteiger partial charge >= 0.3 is 0 Å². The van der Waals surface area contributed by atoms with Crippen LogP contribution in [-0.2, 0) is 0 Å². The predicted octanol–water partition coefficient (Wildman–Crippen LogP) is 3.39. The SMILES string of the molecule is COc1ccc2nc(C)cc(NN=Cc3cccnc3)c2c1. The van der Waals surface area contributed by atoms with E-state index in [0.717, 1.165) is 33.6 Å². The first-order valence-electron chi connectivity index (χ1n) is 6.91. The van der Waals surface area contributed by atoms with Crippen molar-refractivity contribution in [3.05, 3.63) is 60.0 Å². The van der Waals surface area contributed by atoms with E-state index in [1.165, 1.54) is 0 Å². The molecule has 3 aromatic rings. The van der Waals surface area contributed by atoms with E-state index >= 15 is 0 Å². The van der Waals surface area contributed by atoms with Gasteiger partial charge in [-0.2, -0.15) is 5.10 Å². The zero-order chi connectivity index (χ0) is 15.4. The summed E-state index contributed by atoms with van der Waals surface area (Å²) in [5, 5.41) is 5.24. The summed E-state index contributed by atoms with van der Waals surface area (Å²) in [6, 6.07) is 11.6. The van der Waals surface area contributed by atoms with Crippen molar-refractivity contribution in [3.8, 4) is 5.75 Å². The first-order valence-corrected chi connectivity index (χ1v) is 6.91. The maximum atomic E-state index is 5.28. The summed E-state index contributed by atoms with van der Waals surface area (Å²) in [4.78, 5) is 8.57. The number of aromatic nitrogens is 2. The van der Waals surface area contributed by atoms with Crippen molar-refractivity contribution in [3.63, 3.8) is 0 Å². The Morgan fingerprint density at radius 2 is 2.14 bits per heavy atom. The van der Waals surface area contributed by atoms with Gasteiger partial charge in [0.05, 0.1) is 24.5 Å². The van der Waals surface area contributed by atoms with Gasteiger partial charge in [0.2, 0.25) is 0 Å². The Balaban J connectivity index is 1.93. The number of nitrogens with one attached hydrogen (secondary N) is 1. The fourth-order valence-corrected chi connectivity index (χ4v) is 2.19. The molecule has 110 valence electrons. The minimum atomic E-state index is 0.789. The Labute approximate surface area is 128 Å². The van der Waals surface area contributed by atoms with Crippen molar-refractivity contribution < 1.29 is 4.74 Å². The Morgan fingerprint density at radius 1 is 1.23 bits per heavy atom. The summed E-state index contributed by atoms with van der Waals surface area (Å²) in [5.41, 5.74) is 6.73. The van der Waals surface area contributed by atoms with Gasteiger partial charge in [-0.1, -0.05) is 6.07 Å². The number of pyridine rings is 2. The molecule has 3 rings (SSSR count). The van der Waals surface area contributed by atoms with Crippen LogP contribution in [0.5, 0.6) is 5.75 Å². The summed E-state index contributed by atoms with van der Waals surface area (Å²) in [6.45, 7) is 1.96. The lowest BCUT2D eigenvalue weighted by atomic mass is 10.1. The summed E-state index contributed by atoms with van der Waals surface area (Å²) < 4.78 is 5.28. The van der Waals surface area contributed by atoms with Crippen LogP contribution >= 0.6 is 0 Å². The van der Waals surface area contributed by atoms with Crippen LogP contribution in [-0.4, -0.2) is 23.3 Å². The van der Waals surface area contributed by atoms with Crippen LogP contribution in [0.3, 0.4) is 0 Å². The molecule has 0 aliphatic rings. The van der Waals surface area contributed by atoms with Crippen LogP contribution in [0.2, 0.25) is 0 Å². The number of nitrogens with zero attached hydrogens (tertiary/aromatic N) is 3. The molecule has 0 saturated carbocycles. The molecule has 5 heteroatoms. The number of hydrazone groups is 1. The Hall–Kier alpha value is -2.95. The first kappa shape index (κ1) is 14.0. The summed E-state index contributed by atoms with van der Waals surface area (Å²) >= 11 is 0. The van der Waals surface area contributed by atoms with Crippen molar-refractivity contribution in [2.45, 2.75) is 6.92 Å². The lowest BCUT2D eigenvalue weighted by Gasteiger charge is -2.08. The lowest BCUT2D eigenvalue weighted by molar-refractivity contribution is 0.415. The van der Waals surface area contributed by atoms with Gasteiger partial charge in [0.15, 0.2) is 0 Å². The first-order chi connectivity index (χ1) is 10.8. The van der Waals surface area contributed by atoms with Gasteiger partial charge < -0.3 is 4.74 Å². The van der Waals surface area contributed by atoms with Crippen molar-refractivity contribution >= 4 is 22.8 Å². The number of hydrogen-bond donors (Lipinski definition) is 1. The van der Waals surface area contributed by atoms with Crippen LogP contribution in [0.15, 0.2) is 53.9 Å². The average Bonchev–Trinajstić information content (AvgIpc) is 2.55. The number of hydrogen-bond acceptors (Lipinski definition) is 5. The summed E-state index contributed by atoms with van der Waals surface area (Å²) in [7, 11) is 1.65. The fourth-order valence-electron chi connectivity index (χ4n) is 2.19. The minimum absolute atomic E-state index is 0.789. The van der Waals surface area contributed by atoms with Gasteiger partial charge in [-0.15, -0.1) is 0 Å². The number of fused-ring (bicyclic) bond motifs is 1. The maximum Gasteiger partial charge on any atom is 0.119 e. The number of ether oxygens (including phenoxy) is 1. The third-order valence-electron chi connectivity index (χ3n) is 3.23. The zero-order valence-corrected chi connectivity index (χ0v) is 12.4. The highest BCUT2D eigenvalue weighted by atomic mass is 16.5. The van der Waals surface area contributed by atoms with Crippen LogP contribution in [0.1, 0.15) is 11.3 Å². The van der Waals surface area contributed by atoms with E-state index in [0.29, 0.717) is 0 Å². The van der Waals surface area contributed by atoms with Crippen LogP contribution in [0, 0.1) is 6.92 Å². The molecule has 0 bridgehead atoms. The maximum absolute atomic E-state index is 5.28. The second kappa shape index (κ2) is 6.22. The molecule has 5 nitrogen and oxygen atoms in total. The number of benzene rings is 1. The van der Waals surface area contributed by atoms with Crippen molar-refractivity contribution in [1.82, 2.24) is 9.97 Å². The Bertz CT molecular complexity index is 816. The van der Waals surface area contributed by atoms with Gasteiger partial charge in [0.25, 0.3) is 0 Å². The molecule has 0 aliphatic heterocycles. The summed E-state index contributed by atoms with van der Waals surface area (Å²) in [6.07, 6.45) is 5.22. The van der Waals surface area contributed by atoms with Gasteiger partial charge in [0, 0.05) is 29.0 Å². The molecular formula is C17H16N4O. The normalized spacial score (nSPS) is 11.0. The third kappa shape index (κ3) is 3.03. The topological polar surface area (TPSA) is 59.4 Å². The standard InChI is InChI=1S/C17H16N4O/c1-12-8-17(21-19-11-13-4-3-7-18-10-13)15-9-14(22-2)5-6-16(15)20-12/h3-11H,1-2H3,(H,20,21). The molecule has 0 atom stereocenters. The van der Waals surface area contributed by atoms with E-state index in [-0.39, 0.29) is 0 Å². The average molecular weight is 292 g/mol. The number of rotatable bonds is 4. The van der Waals surface area contributed by atoms with Crippen LogP contribution in [0.25, 0.3) is 10.9 Å². The molecule has 0 amide bonds. The van der Waals surface area contributed by atoms with E-state index in [2.05, 4.69) is 20.5 Å². The highest BCUT2D eigenvalue weighted by Gasteiger charge is 2.05. The third-order valence-corrected chi connectivity index (χ3v) is 3.23. The Kier molecular flexibility index (Phi) is 3.96. The molecular weight excluding hydrogens is 276 g/mol. The smallest absolute Gasteiger partial charge is 0.119 e. The van der Waals surface area contributed by atoms with Gasteiger partial charge in [-0.25, -0.2) is 0 Å². The molecule has 0 saturated heterocycles. The van der Waals surface area contributed by atoms with Gasteiger partial charge in [0.1, 0.15) is 5.75 Å². The van der Waals surface area contributed by atoms with Crippen molar-refractivity contribution in [2.75, 3.05) is 12.5 Å². The Morgan fingerprint density at radius 3 is 2.91 bits per heavy atom.